The summed E-state index contributed by atoms with van der Waals surface area (Å²) >= 11 is 5.35. The maximum Gasteiger partial charge on any atom is -0.0134 e. The number of hydrogen-bond donors (Lipinski definition) is 1. The van der Waals surface area contributed by atoms with Crippen LogP contribution in [0.5, 0.6) is 0 Å². The molecule has 0 atom stereocenters. The molecule has 0 saturated heterocycles. The van der Waals surface area contributed by atoms with Gasteiger partial charge in [-0.2, -0.15) is 35.9 Å². The van der Waals surface area contributed by atoms with Crippen LogP contribution in [-0.2, 0) is 23.6 Å². The van der Waals surface area contributed by atoms with Gasteiger partial charge in [0.1, 0.15) is 0 Å². The zero-order valence-electron chi connectivity index (χ0n) is 16.6. The van der Waals surface area contributed by atoms with Crippen LogP contribution in [0.1, 0.15) is 5.56 Å². The van der Waals surface area contributed by atoms with E-state index in [1.807, 2.05) is 24.3 Å². The second-order valence-corrected chi connectivity index (χ2v) is 8.49. The average molecular weight is 569 g/mol. The fourth-order valence-corrected chi connectivity index (χ4v) is 5.23. The molecule has 156 valence electrons. The van der Waals surface area contributed by atoms with E-state index in [1.54, 1.807) is 0 Å². The molecule has 1 nitrogen and oxygen atoms in total. The summed E-state index contributed by atoms with van der Waals surface area (Å²) < 4.78 is 0. The Morgan fingerprint density at radius 3 is 1.37 bits per heavy atom. The van der Waals surface area contributed by atoms with Gasteiger partial charge in [0.2, 0.25) is 0 Å². The Kier molecular flexibility index (Phi) is 12.5. The summed E-state index contributed by atoms with van der Waals surface area (Å²) in [5, 5.41) is 4.19. The molecular formula is C26H25BrNPPd. The van der Waals surface area contributed by atoms with Gasteiger partial charge in [-0.25, -0.2) is 0 Å². The van der Waals surface area contributed by atoms with Crippen molar-refractivity contribution in [1.82, 2.24) is 0 Å². The van der Waals surface area contributed by atoms with Crippen molar-refractivity contribution < 1.29 is 17.2 Å². The summed E-state index contributed by atoms with van der Waals surface area (Å²) in [6.45, 7) is 0.709. The van der Waals surface area contributed by atoms with Gasteiger partial charge < -0.3 is 5.73 Å². The van der Waals surface area contributed by atoms with Crippen LogP contribution < -0.4 is 21.6 Å². The van der Waals surface area contributed by atoms with Crippen LogP contribution in [0.15, 0.2) is 115 Å². The summed E-state index contributed by atoms with van der Waals surface area (Å²) in [7, 11) is -0.446. The van der Waals surface area contributed by atoms with Gasteiger partial charge in [0.25, 0.3) is 0 Å². The Morgan fingerprint density at radius 1 is 0.633 bits per heavy atom. The summed E-state index contributed by atoms with van der Waals surface area (Å²) in [5.74, 6) is 0. The van der Waals surface area contributed by atoms with E-state index >= 15 is 0 Å². The van der Waals surface area contributed by atoms with Crippen molar-refractivity contribution in [3.8, 4) is 0 Å². The van der Waals surface area contributed by atoms with E-state index in [-0.39, 0.29) is 0 Å². The van der Waals surface area contributed by atoms with Crippen molar-refractivity contribution in [2.45, 2.75) is 6.42 Å². The summed E-state index contributed by atoms with van der Waals surface area (Å²) in [6.07, 6.45) is 0.931. The van der Waals surface area contributed by atoms with Crippen LogP contribution in [-0.4, -0.2) is 6.54 Å². The Hall–Kier alpha value is -1.59. The van der Waals surface area contributed by atoms with E-state index in [0.29, 0.717) is 6.54 Å². The van der Waals surface area contributed by atoms with Crippen LogP contribution in [0.3, 0.4) is 0 Å². The van der Waals surface area contributed by atoms with Gasteiger partial charge in [0, 0.05) is 0 Å². The number of nitrogens with two attached hydrogens (primary N) is 1. The molecule has 0 radical (unpaired) electrons. The molecule has 2 N–H and O–H groups in total. The van der Waals surface area contributed by atoms with Crippen LogP contribution in [0, 0.1) is 6.07 Å². The second-order valence-electron chi connectivity index (χ2n) is 6.27. The SMILES string of the molecule is NCCc1[c-]cccc1.[Br][Pd+].c1ccc(P(c2ccccc2)c2ccccc2)cc1. The summed E-state index contributed by atoms with van der Waals surface area (Å²) in [6, 6.07) is 43.3. The number of benzene rings is 4. The van der Waals surface area contributed by atoms with Crippen LogP contribution in [0.2, 0.25) is 0 Å². The third-order valence-electron chi connectivity index (χ3n) is 4.23. The minimum atomic E-state index is -0.446. The zero-order chi connectivity index (χ0) is 21.4. The first kappa shape index (κ1) is 24.7. The fourth-order valence-electron chi connectivity index (χ4n) is 2.92. The molecule has 4 heteroatoms. The van der Waals surface area contributed by atoms with Gasteiger partial charge in [-0.15, -0.1) is 0 Å². The van der Waals surface area contributed by atoms with Crippen molar-refractivity contribution in [1.29, 1.82) is 0 Å². The minimum Gasteiger partial charge on any atom is -0.0622 e. The Labute approximate surface area is 199 Å². The molecule has 4 rings (SSSR count). The first-order valence-electron chi connectivity index (χ1n) is 9.61. The standard InChI is InChI=1S/C18H15P.C8H10N.BrH.Pd/c1-4-10-16(11-5-1)19(17-12-6-2-7-13-17)18-14-8-3-9-15-18;9-7-6-8-4-2-1-3-5-8;;/h1-15H;1-4H,6-7,9H2;1H;/q;-1;;+2/p-1. The smallest absolute Gasteiger partial charge is 0.0134 e. The van der Waals surface area contributed by atoms with E-state index in [0.717, 1.165) is 6.42 Å². The van der Waals surface area contributed by atoms with Gasteiger partial charge >= 0.3 is 30.6 Å². The van der Waals surface area contributed by atoms with Gasteiger partial charge in [-0.1, -0.05) is 91.0 Å². The van der Waals surface area contributed by atoms with Crippen LogP contribution in [0.25, 0.3) is 0 Å². The van der Waals surface area contributed by atoms with E-state index in [1.165, 1.54) is 21.5 Å². The molecule has 0 aliphatic rings. The first-order chi connectivity index (χ1) is 14.9. The quantitative estimate of drug-likeness (QED) is 0.198. The summed E-state index contributed by atoms with van der Waals surface area (Å²) in [5.41, 5.74) is 6.53. The first-order valence-corrected chi connectivity index (χ1v) is 14.5. The molecule has 0 saturated carbocycles. The monoisotopic (exact) mass is 567 g/mol. The third kappa shape index (κ3) is 8.27. The number of halogens is 1. The molecule has 4 aromatic carbocycles. The topological polar surface area (TPSA) is 26.0 Å². The molecule has 0 aliphatic heterocycles. The van der Waals surface area contributed by atoms with Gasteiger partial charge in [-0.3, -0.25) is 0 Å². The Bertz CT molecular complexity index is 828. The largest absolute Gasteiger partial charge is 0.0622 e. The molecule has 30 heavy (non-hydrogen) atoms. The molecule has 0 unspecified atom stereocenters. The maximum absolute atomic E-state index is 5.34. The maximum atomic E-state index is 5.34. The van der Waals surface area contributed by atoms with Gasteiger partial charge in [0.05, 0.1) is 0 Å². The molecule has 0 aliphatic carbocycles. The predicted octanol–water partition coefficient (Wildman–Crippen LogP) is 5.28. The van der Waals surface area contributed by atoms with Gasteiger partial charge in [0.15, 0.2) is 0 Å². The van der Waals surface area contributed by atoms with Crippen molar-refractivity contribution in [3.05, 3.63) is 127 Å². The normalized spacial score (nSPS) is 9.77. The molecule has 0 spiro atoms. The third-order valence-corrected chi connectivity index (χ3v) is 6.67. The van der Waals surface area contributed by atoms with Gasteiger partial charge in [-0.05, 0) is 36.8 Å². The molecule has 0 fully saturated rings. The van der Waals surface area contributed by atoms with E-state index in [9.17, 15) is 0 Å². The van der Waals surface area contributed by atoms with E-state index in [2.05, 4.69) is 128 Å². The molecule has 0 heterocycles. The van der Waals surface area contributed by atoms with Crippen molar-refractivity contribution in [2.24, 2.45) is 5.73 Å². The number of hydrogen-bond acceptors (Lipinski definition) is 1. The van der Waals surface area contributed by atoms with E-state index < -0.39 is 7.92 Å². The molecule has 0 amide bonds. The van der Waals surface area contributed by atoms with Crippen molar-refractivity contribution in [3.63, 3.8) is 0 Å². The summed E-state index contributed by atoms with van der Waals surface area (Å²) in [4.78, 5) is 0. The van der Waals surface area contributed by atoms with Crippen LogP contribution >= 0.6 is 21.4 Å². The van der Waals surface area contributed by atoms with E-state index in [4.69, 9.17) is 5.73 Å². The molecule has 0 bridgehead atoms. The molecule has 4 aromatic rings. The molecular weight excluding hydrogens is 544 g/mol. The zero-order valence-corrected chi connectivity index (χ0v) is 20.6. The Morgan fingerprint density at radius 2 is 1.03 bits per heavy atom. The second kappa shape index (κ2) is 15.2. The predicted molar refractivity (Wildman–Crippen MR) is 132 cm³/mol. The van der Waals surface area contributed by atoms with Crippen molar-refractivity contribution in [2.75, 3.05) is 6.54 Å². The minimum absolute atomic E-state index is 0.446. The fraction of sp³-hybridized carbons (Fsp3) is 0.0769. The molecule has 0 aromatic heterocycles. The van der Waals surface area contributed by atoms with Crippen molar-refractivity contribution >= 4 is 37.3 Å². The van der Waals surface area contributed by atoms with Crippen LogP contribution in [0.4, 0.5) is 0 Å². The number of rotatable bonds is 5. The average Bonchev–Trinajstić information content (AvgIpc) is 2.84. The Balaban J connectivity index is 0.000000245.